The minimum atomic E-state index is -0.529. The van der Waals surface area contributed by atoms with Crippen LogP contribution in [-0.2, 0) is 14.3 Å². The highest BCUT2D eigenvalue weighted by Crippen LogP contribution is 2.30. The van der Waals surface area contributed by atoms with E-state index >= 15 is 0 Å². The van der Waals surface area contributed by atoms with Crippen molar-refractivity contribution in [3.8, 4) is 11.3 Å². The summed E-state index contributed by atoms with van der Waals surface area (Å²) in [7, 11) is 0. The molecule has 1 aliphatic heterocycles. The highest BCUT2D eigenvalue weighted by Gasteiger charge is 2.36. The second-order valence-corrected chi connectivity index (χ2v) is 12.1. The molecule has 0 saturated carbocycles. The molecule has 0 saturated heterocycles. The molecule has 5 rings (SSSR count). The van der Waals surface area contributed by atoms with E-state index in [4.69, 9.17) is 4.74 Å². The van der Waals surface area contributed by atoms with Gasteiger partial charge in [-0.25, -0.2) is 9.97 Å². The maximum Gasteiger partial charge on any atom is 0.306 e. The Morgan fingerprint density at radius 1 is 1.02 bits per heavy atom. The number of hydrogen-bond acceptors (Lipinski definition) is 11. The summed E-state index contributed by atoms with van der Waals surface area (Å²) < 4.78 is 5.28. The number of anilines is 2. The lowest BCUT2D eigenvalue weighted by molar-refractivity contribution is -0.154. The number of thiazole rings is 2. The summed E-state index contributed by atoms with van der Waals surface area (Å²) in [6.45, 7) is 5.81. The van der Waals surface area contributed by atoms with Crippen LogP contribution in [0, 0.1) is 0 Å². The van der Waals surface area contributed by atoms with Gasteiger partial charge in [-0.2, -0.15) is 15.2 Å². The lowest BCUT2D eigenvalue weighted by atomic mass is 10.1. The van der Waals surface area contributed by atoms with Crippen LogP contribution in [0.15, 0.2) is 81.8 Å². The van der Waals surface area contributed by atoms with Gasteiger partial charge in [-0.1, -0.05) is 42.5 Å². The normalized spacial score (nSPS) is 14.1. The second-order valence-electron chi connectivity index (χ2n) is 10.4. The molecule has 0 spiro atoms. The molecule has 0 fully saturated rings. The number of hydrazone groups is 2. The number of carbonyl (C=O) groups excluding carboxylic acids is 3. The van der Waals surface area contributed by atoms with Crippen molar-refractivity contribution >= 4 is 62.1 Å². The standard InChI is InChI=1S/C30H29N7O4S2/c1-30(2,3)41-23(38)10-7-15-31-26(39)21-13-11-19(12-14-21)22-18-43-29(33-22)37-27(40)25(34-35-28-32-16-17-42-28)24(36-37)20-8-5-4-6-9-20/h4-6,8-9,11-14,16-18H,7,10,15H2,1-3H3,(H,31,39)(H,32,35)/b34-25+. The summed E-state index contributed by atoms with van der Waals surface area (Å²) in [4.78, 5) is 46.6. The Morgan fingerprint density at radius 2 is 1.79 bits per heavy atom. The molecule has 220 valence electrons. The van der Waals surface area contributed by atoms with Gasteiger partial charge >= 0.3 is 11.9 Å². The molecule has 0 aliphatic carbocycles. The molecule has 3 heterocycles. The van der Waals surface area contributed by atoms with Gasteiger partial charge in [0.25, 0.3) is 5.91 Å². The number of benzene rings is 2. The molecule has 0 atom stereocenters. The lowest BCUT2D eigenvalue weighted by Crippen LogP contribution is -2.28. The third-order valence-electron chi connectivity index (χ3n) is 5.94. The predicted molar refractivity (Wildman–Crippen MR) is 169 cm³/mol. The van der Waals surface area contributed by atoms with Crippen molar-refractivity contribution in [2.45, 2.75) is 39.2 Å². The van der Waals surface area contributed by atoms with Crippen molar-refractivity contribution < 1.29 is 19.1 Å². The Balaban J connectivity index is 1.25. The van der Waals surface area contributed by atoms with Crippen LogP contribution in [-0.4, -0.2) is 51.3 Å². The number of nitrogens with zero attached hydrogens (tertiary/aromatic N) is 5. The Morgan fingerprint density at radius 3 is 2.49 bits per heavy atom. The van der Waals surface area contributed by atoms with E-state index in [2.05, 4.69) is 30.9 Å². The summed E-state index contributed by atoms with van der Waals surface area (Å²) in [5, 5.41) is 17.6. The molecule has 1 aliphatic rings. The fraction of sp³-hybridized carbons (Fsp3) is 0.233. The van der Waals surface area contributed by atoms with Crippen LogP contribution in [0.5, 0.6) is 0 Å². The van der Waals surface area contributed by atoms with Gasteiger partial charge < -0.3 is 10.1 Å². The van der Waals surface area contributed by atoms with Crippen LogP contribution >= 0.6 is 22.7 Å². The molecule has 0 radical (unpaired) electrons. The summed E-state index contributed by atoms with van der Waals surface area (Å²) >= 11 is 2.64. The van der Waals surface area contributed by atoms with Gasteiger partial charge in [-0.3, -0.25) is 19.8 Å². The first-order valence-corrected chi connectivity index (χ1v) is 15.2. The zero-order valence-electron chi connectivity index (χ0n) is 23.7. The molecule has 0 bridgehead atoms. The van der Waals surface area contributed by atoms with Crippen molar-refractivity contribution in [1.29, 1.82) is 0 Å². The molecule has 13 heteroatoms. The molecule has 0 unspecified atom stereocenters. The van der Waals surface area contributed by atoms with E-state index in [1.54, 1.807) is 30.5 Å². The zero-order valence-corrected chi connectivity index (χ0v) is 25.4. The number of esters is 1. The molecular weight excluding hydrogens is 587 g/mol. The molecule has 11 nitrogen and oxygen atoms in total. The second kappa shape index (κ2) is 13.0. The molecule has 2 N–H and O–H groups in total. The first-order chi connectivity index (χ1) is 20.7. The van der Waals surface area contributed by atoms with Crippen LogP contribution in [0.25, 0.3) is 11.3 Å². The van der Waals surface area contributed by atoms with Crippen molar-refractivity contribution in [1.82, 2.24) is 15.3 Å². The smallest absolute Gasteiger partial charge is 0.306 e. The Labute approximate surface area is 256 Å². The highest BCUT2D eigenvalue weighted by atomic mass is 32.1. The van der Waals surface area contributed by atoms with E-state index in [1.807, 2.05) is 61.9 Å². The largest absolute Gasteiger partial charge is 0.460 e. The number of aromatic nitrogens is 2. The van der Waals surface area contributed by atoms with Gasteiger partial charge in [0.2, 0.25) is 10.3 Å². The molecule has 4 aromatic rings. The van der Waals surface area contributed by atoms with Crippen molar-refractivity contribution in [3.63, 3.8) is 0 Å². The summed E-state index contributed by atoms with van der Waals surface area (Å²) in [6.07, 6.45) is 2.36. The van der Waals surface area contributed by atoms with E-state index in [9.17, 15) is 14.4 Å². The summed E-state index contributed by atoms with van der Waals surface area (Å²) in [6, 6.07) is 16.4. The topological polar surface area (TPSA) is 138 Å². The fourth-order valence-electron chi connectivity index (χ4n) is 4.01. The SMILES string of the molecule is CC(C)(C)OC(=O)CCCNC(=O)c1ccc(-c2csc(N3N=C(c4ccccc4)/C(=N\Nc4nccs4)C3=O)n2)cc1. The minimum absolute atomic E-state index is 0.152. The van der Waals surface area contributed by atoms with E-state index in [0.29, 0.717) is 40.2 Å². The van der Waals surface area contributed by atoms with Gasteiger partial charge in [-0.15, -0.1) is 22.7 Å². The van der Waals surface area contributed by atoms with E-state index in [-0.39, 0.29) is 24.0 Å². The first-order valence-electron chi connectivity index (χ1n) is 13.5. The highest BCUT2D eigenvalue weighted by molar-refractivity contribution is 7.14. The third-order valence-corrected chi connectivity index (χ3v) is 7.44. The first kappa shape index (κ1) is 29.7. The lowest BCUT2D eigenvalue weighted by Gasteiger charge is -2.19. The quantitative estimate of drug-likeness (QED) is 0.140. The summed E-state index contributed by atoms with van der Waals surface area (Å²) in [5.74, 6) is -0.942. The van der Waals surface area contributed by atoms with Gasteiger partial charge in [0.15, 0.2) is 5.71 Å². The Bertz CT molecular complexity index is 1660. The van der Waals surface area contributed by atoms with E-state index < -0.39 is 11.5 Å². The van der Waals surface area contributed by atoms with Crippen LogP contribution in [0.2, 0.25) is 0 Å². The van der Waals surface area contributed by atoms with E-state index in [1.165, 1.54) is 27.7 Å². The van der Waals surface area contributed by atoms with Gasteiger partial charge in [-0.05, 0) is 39.3 Å². The Kier molecular flexibility index (Phi) is 9.02. The number of hydrogen-bond donors (Lipinski definition) is 2. The third kappa shape index (κ3) is 7.56. The summed E-state index contributed by atoms with van der Waals surface area (Å²) in [5.41, 5.74) is 5.53. The van der Waals surface area contributed by atoms with Crippen LogP contribution in [0.1, 0.15) is 49.5 Å². The van der Waals surface area contributed by atoms with E-state index in [0.717, 1.165) is 11.1 Å². The Hall–Kier alpha value is -4.75. The van der Waals surface area contributed by atoms with Crippen LogP contribution < -0.4 is 15.8 Å². The van der Waals surface area contributed by atoms with Crippen molar-refractivity contribution in [3.05, 3.63) is 82.7 Å². The molecular formula is C30H29N7O4S2. The average Bonchev–Trinajstić information content (AvgIpc) is 3.75. The maximum atomic E-state index is 13.4. The van der Waals surface area contributed by atoms with Crippen molar-refractivity contribution in [2.24, 2.45) is 10.2 Å². The molecule has 43 heavy (non-hydrogen) atoms. The molecule has 2 amide bonds. The van der Waals surface area contributed by atoms with Crippen LogP contribution in [0.4, 0.5) is 10.3 Å². The number of amides is 2. The maximum absolute atomic E-state index is 13.4. The van der Waals surface area contributed by atoms with Crippen molar-refractivity contribution in [2.75, 3.05) is 17.0 Å². The van der Waals surface area contributed by atoms with Crippen LogP contribution in [0.3, 0.4) is 0 Å². The monoisotopic (exact) mass is 615 g/mol. The molecule has 2 aromatic heterocycles. The van der Waals surface area contributed by atoms with Gasteiger partial charge in [0.1, 0.15) is 11.3 Å². The van der Waals surface area contributed by atoms with Gasteiger partial charge in [0, 0.05) is 46.6 Å². The molecule has 2 aromatic carbocycles. The van der Waals surface area contributed by atoms with Gasteiger partial charge in [0.05, 0.1) is 5.69 Å². The number of ether oxygens (including phenoxy) is 1. The number of carbonyl (C=O) groups is 3. The number of nitrogens with one attached hydrogen (secondary N) is 2. The minimum Gasteiger partial charge on any atom is -0.460 e. The number of rotatable bonds is 10. The fourth-order valence-corrected chi connectivity index (χ4v) is 5.26. The average molecular weight is 616 g/mol. The zero-order chi connectivity index (χ0) is 30.4. The predicted octanol–water partition coefficient (Wildman–Crippen LogP) is 5.34.